The van der Waals surface area contributed by atoms with Crippen LogP contribution in [0.3, 0.4) is 0 Å². The van der Waals surface area contributed by atoms with E-state index in [-0.39, 0.29) is 6.01 Å². The van der Waals surface area contributed by atoms with Crippen LogP contribution < -0.4 is 10.3 Å². The molecule has 150 valence electrons. The molecule has 0 unspecified atom stereocenters. The van der Waals surface area contributed by atoms with Gasteiger partial charge in [0.15, 0.2) is 6.10 Å². The molecular weight excluding hydrogens is 350 g/mol. The molecule has 4 nitrogen and oxygen atoms in total. The van der Waals surface area contributed by atoms with E-state index in [9.17, 15) is 13.6 Å². The predicted molar refractivity (Wildman–Crippen MR) is 109 cm³/mol. The van der Waals surface area contributed by atoms with E-state index in [0.717, 1.165) is 5.57 Å². The molecule has 0 aliphatic carbocycles. The Labute approximate surface area is 160 Å². The van der Waals surface area contributed by atoms with Crippen molar-refractivity contribution in [1.29, 1.82) is 0 Å². The third-order valence-corrected chi connectivity index (χ3v) is 3.34. The number of allylic oxidation sites excluding steroid dienone is 7. The standard InChI is InChI=1S/C19H24F2N2O2.C2H6/c1-6-15(7-2)17-10-18(24)23(14(5)9-8-13(3)4)19(22-17)25-16(11-20)12-21;1-2/h6-10,16H,1,11-12H2,2-5H3;1-2H3/b14-9+,15-7+;. The van der Waals surface area contributed by atoms with Crippen molar-refractivity contribution in [3.05, 3.63) is 58.6 Å². The van der Waals surface area contributed by atoms with E-state index in [2.05, 4.69) is 11.6 Å². The van der Waals surface area contributed by atoms with Gasteiger partial charge in [-0.05, 0) is 39.3 Å². The largest absolute Gasteiger partial charge is 0.455 e. The highest BCUT2D eigenvalue weighted by molar-refractivity contribution is 5.71. The summed E-state index contributed by atoms with van der Waals surface area (Å²) in [4.78, 5) is 16.8. The van der Waals surface area contributed by atoms with Gasteiger partial charge in [-0.25, -0.2) is 13.3 Å². The molecular formula is C21H30F2N2O2. The van der Waals surface area contributed by atoms with Crippen molar-refractivity contribution >= 4 is 11.3 Å². The Kier molecular flexibility index (Phi) is 11.6. The van der Waals surface area contributed by atoms with Gasteiger partial charge in [0.25, 0.3) is 5.56 Å². The lowest BCUT2D eigenvalue weighted by atomic mass is 10.2. The van der Waals surface area contributed by atoms with Crippen molar-refractivity contribution in [1.82, 2.24) is 9.55 Å². The van der Waals surface area contributed by atoms with Gasteiger partial charge in [-0.3, -0.25) is 4.79 Å². The molecule has 1 aromatic heterocycles. The molecule has 1 aromatic rings. The Morgan fingerprint density at radius 1 is 1.26 bits per heavy atom. The summed E-state index contributed by atoms with van der Waals surface area (Å²) in [7, 11) is 0. The van der Waals surface area contributed by atoms with Crippen LogP contribution in [0.15, 0.2) is 47.3 Å². The first kappa shape index (κ1) is 24.5. The van der Waals surface area contributed by atoms with Crippen LogP contribution in [0.1, 0.15) is 47.2 Å². The van der Waals surface area contributed by atoms with Crippen molar-refractivity contribution in [2.24, 2.45) is 0 Å². The fourth-order valence-electron chi connectivity index (χ4n) is 2.00. The van der Waals surface area contributed by atoms with E-state index in [0.29, 0.717) is 17.0 Å². The highest BCUT2D eigenvalue weighted by Gasteiger charge is 2.18. The first-order valence-electron chi connectivity index (χ1n) is 8.91. The number of alkyl halides is 2. The van der Waals surface area contributed by atoms with Crippen LogP contribution in [0.4, 0.5) is 8.78 Å². The fourth-order valence-corrected chi connectivity index (χ4v) is 2.00. The van der Waals surface area contributed by atoms with Crippen molar-refractivity contribution in [3.63, 3.8) is 0 Å². The third kappa shape index (κ3) is 7.33. The van der Waals surface area contributed by atoms with Gasteiger partial charge in [0.2, 0.25) is 0 Å². The summed E-state index contributed by atoms with van der Waals surface area (Å²) in [6, 6.07) is 1.18. The van der Waals surface area contributed by atoms with Crippen molar-refractivity contribution in [2.45, 2.75) is 47.6 Å². The molecule has 0 radical (unpaired) electrons. The number of hydrogen-bond acceptors (Lipinski definition) is 3. The summed E-state index contributed by atoms with van der Waals surface area (Å²) in [6.45, 7) is 12.9. The monoisotopic (exact) mass is 380 g/mol. The minimum atomic E-state index is -1.32. The molecule has 0 saturated heterocycles. The molecule has 0 aliphatic rings. The number of aromatic nitrogens is 2. The smallest absolute Gasteiger partial charge is 0.304 e. The van der Waals surface area contributed by atoms with Crippen LogP contribution in [0.2, 0.25) is 0 Å². The Morgan fingerprint density at radius 3 is 2.30 bits per heavy atom. The molecule has 0 amide bonds. The van der Waals surface area contributed by atoms with E-state index in [1.54, 1.807) is 32.1 Å². The zero-order valence-corrected chi connectivity index (χ0v) is 17.1. The van der Waals surface area contributed by atoms with Crippen LogP contribution in [0.5, 0.6) is 6.01 Å². The van der Waals surface area contributed by atoms with Gasteiger partial charge in [-0.1, -0.05) is 44.2 Å². The second-order valence-electron chi connectivity index (χ2n) is 5.65. The lowest BCUT2D eigenvalue weighted by Crippen LogP contribution is -2.28. The maximum atomic E-state index is 12.9. The predicted octanol–water partition coefficient (Wildman–Crippen LogP) is 5.37. The van der Waals surface area contributed by atoms with Crippen LogP contribution in [0, 0.1) is 0 Å². The van der Waals surface area contributed by atoms with E-state index in [1.165, 1.54) is 10.6 Å². The Morgan fingerprint density at radius 2 is 1.85 bits per heavy atom. The van der Waals surface area contributed by atoms with Gasteiger partial charge >= 0.3 is 6.01 Å². The normalized spacial score (nSPS) is 11.6. The molecule has 6 heteroatoms. The van der Waals surface area contributed by atoms with E-state index in [4.69, 9.17) is 4.74 Å². The topological polar surface area (TPSA) is 44.1 Å². The maximum Gasteiger partial charge on any atom is 0.304 e. The molecule has 0 aromatic carbocycles. The third-order valence-electron chi connectivity index (χ3n) is 3.34. The number of nitrogens with zero attached hydrogens (tertiary/aromatic N) is 2. The minimum absolute atomic E-state index is 0.153. The molecule has 1 heterocycles. The van der Waals surface area contributed by atoms with Gasteiger partial charge in [0, 0.05) is 11.8 Å². The van der Waals surface area contributed by atoms with Crippen LogP contribution >= 0.6 is 0 Å². The molecule has 0 bridgehead atoms. The quantitative estimate of drug-likeness (QED) is 0.569. The van der Waals surface area contributed by atoms with E-state index >= 15 is 0 Å². The summed E-state index contributed by atoms with van der Waals surface area (Å²) >= 11 is 0. The lowest BCUT2D eigenvalue weighted by Gasteiger charge is -2.17. The Balaban J connectivity index is 0.00000326. The average Bonchev–Trinajstić information content (AvgIpc) is 2.66. The zero-order chi connectivity index (χ0) is 21.0. The first-order valence-corrected chi connectivity index (χ1v) is 8.91. The van der Waals surface area contributed by atoms with Gasteiger partial charge in [-0.2, -0.15) is 4.98 Å². The fraction of sp³-hybridized carbons (Fsp3) is 0.429. The van der Waals surface area contributed by atoms with Gasteiger partial charge in [0.1, 0.15) is 13.3 Å². The lowest BCUT2D eigenvalue weighted by molar-refractivity contribution is 0.119. The molecule has 0 aliphatic heterocycles. The van der Waals surface area contributed by atoms with E-state index < -0.39 is 25.0 Å². The summed E-state index contributed by atoms with van der Waals surface area (Å²) in [6.07, 6.45) is 5.50. The Hall–Kier alpha value is -2.50. The molecule has 27 heavy (non-hydrogen) atoms. The van der Waals surface area contributed by atoms with Crippen LogP contribution in [-0.4, -0.2) is 29.0 Å². The Bertz CT molecular complexity index is 754. The highest BCUT2D eigenvalue weighted by Crippen LogP contribution is 2.19. The number of hydrogen-bond donors (Lipinski definition) is 0. The second-order valence-corrected chi connectivity index (χ2v) is 5.65. The van der Waals surface area contributed by atoms with Gasteiger partial charge < -0.3 is 4.74 Å². The summed E-state index contributed by atoms with van der Waals surface area (Å²) in [5.41, 5.74) is 2.11. The SMILES string of the molecule is C=C/C(=C\C)c1cc(=O)n(/C(C)=C/C=C(C)C)c(OC(CF)CF)n1.CC. The molecule has 0 spiro atoms. The second kappa shape index (κ2) is 12.8. The van der Waals surface area contributed by atoms with Crippen LogP contribution in [-0.2, 0) is 0 Å². The molecule has 0 N–H and O–H groups in total. The zero-order valence-electron chi connectivity index (χ0n) is 17.1. The minimum Gasteiger partial charge on any atom is -0.455 e. The van der Waals surface area contributed by atoms with Gasteiger partial charge in [0.05, 0.1) is 5.69 Å². The molecule has 1 rings (SSSR count). The summed E-state index contributed by atoms with van der Waals surface area (Å²) < 4.78 is 32.3. The summed E-state index contributed by atoms with van der Waals surface area (Å²) in [5, 5.41) is 0. The maximum absolute atomic E-state index is 12.9. The van der Waals surface area contributed by atoms with Crippen molar-refractivity contribution in [2.75, 3.05) is 13.3 Å². The van der Waals surface area contributed by atoms with Crippen molar-refractivity contribution in [3.8, 4) is 6.01 Å². The molecule has 0 saturated carbocycles. The number of rotatable bonds is 8. The van der Waals surface area contributed by atoms with E-state index in [1.807, 2.05) is 33.8 Å². The van der Waals surface area contributed by atoms with Crippen LogP contribution in [0.25, 0.3) is 11.3 Å². The summed E-state index contributed by atoms with van der Waals surface area (Å²) in [5.74, 6) is 0. The molecule has 0 atom stereocenters. The van der Waals surface area contributed by atoms with Crippen molar-refractivity contribution < 1.29 is 13.5 Å². The number of halogens is 2. The average molecular weight is 380 g/mol. The highest BCUT2D eigenvalue weighted by atomic mass is 19.1. The molecule has 0 fully saturated rings. The number of ether oxygens (including phenoxy) is 1. The first-order chi connectivity index (χ1) is 12.9. The van der Waals surface area contributed by atoms with Gasteiger partial charge in [-0.15, -0.1) is 0 Å².